The molecule has 0 aliphatic heterocycles. The summed E-state index contributed by atoms with van der Waals surface area (Å²) in [4.78, 5) is 11.1. The van der Waals surface area contributed by atoms with Crippen LogP contribution in [-0.4, -0.2) is 23.7 Å². The van der Waals surface area contributed by atoms with E-state index in [2.05, 4.69) is 12.2 Å². The van der Waals surface area contributed by atoms with E-state index in [1.165, 1.54) is 25.7 Å². The molecule has 2 rings (SSSR count). The average molecular weight is 239 g/mol. The summed E-state index contributed by atoms with van der Waals surface area (Å²) < 4.78 is 0. The molecule has 0 aromatic carbocycles. The van der Waals surface area contributed by atoms with Crippen molar-refractivity contribution in [1.29, 1.82) is 0 Å². The number of hydrogen-bond acceptors (Lipinski definition) is 2. The van der Waals surface area contributed by atoms with E-state index >= 15 is 0 Å². The normalized spacial score (nSPS) is 31.8. The quantitative estimate of drug-likeness (QED) is 0.775. The molecule has 3 unspecified atom stereocenters. The Morgan fingerprint density at radius 2 is 1.94 bits per heavy atom. The minimum atomic E-state index is -0.595. The number of carboxylic acid groups (broad SMARTS) is 1. The predicted octanol–water partition coefficient (Wildman–Crippen LogP) is 2.66. The van der Waals surface area contributed by atoms with Crippen LogP contribution in [0.3, 0.4) is 0 Å². The summed E-state index contributed by atoms with van der Waals surface area (Å²) in [6.07, 6.45) is 8.49. The first kappa shape index (κ1) is 12.9. The number of rotatable bonds is 5. The van der Waals surface area contributed by atoms with E-state index in [4.69, 9.17) is 5.11 Å². The fourth-order valence-corrected chi connectivity index (χ4v) is 3.57. The molecule has 2 aliphatic carbocycles. The number of hydrogen-bond donors (Lipinski definition) is 2. The molecule has 2 aliphatic rings. The first-order valence-corrected chi connectivity index (χ1v) is 7.14. The van der Waals surface area contributed by atoms with E-state index in [0.29, 0.717) is 12.0 Å². The Morgan fingerprint density at radius 3 is 2.59 bits per heavy atom. The zero-order valence-electron chi connectivity index (χ0n) is 10.8. The van der Waals surface area contributed by atoms with Crippen molar-refractivity contribution in [2.45, 2.75) is 57.9 Å². The molecule has 2 saturated carbocycles. The summed E-state index contributed by atoms with van der Waals surface area (Å²) in [5.74, 6) is 0.483. The molecule has 0 aromatic heterocycles. The Balaban J connectivity index is 1.75. The van der Waals surface area contributed by atoms with Crippen molar-refractivity contribution in [3.63, 3.8) is 0 Å². The van der Waals surface area contributed by atoms with Gasteiger partial charge in [-0.25, -0.2) is 0 Å². The monoisotopic (exact) mass is 239 g/mol. The maximum absolute atomic E-state index is 11.1. The second-order valence-electron chi connectivity index (χ2n) is 5.88. The van der Waals surface area contributed by atoms with Crippen LogP contribution in [0.25, 0.3) is 0 Å². The Kier molecular flexibility index (Phi) is 4.43. The number of aliphatic carboxylic acids is 1. The topological polar surface area (TPSA) is 49.3 Å². The van der Waals surface area contributed by atoms with Crippen LogP contribution in [0.1, 0.15) is 51.9 Å². The van der Waals surface area contributed by atoms with Crippen molar-refractivity contribution in [1.82, 2.24) is 5.32 Å². The Morgan fingerprint density at radius 1 is 1.24 bits per heavy atom. The molecule has 17 heavy (non-hydrogen) atoms. The van der Waals surface area contributed by atoms with Gasteiger partial charge in [0.05, 0.1) is 5.92 Å². The largest absolute Gasteiger partial charge is 0.481 e. The summed E-state index contributed by atoms with van der Waals surface area (Å²) >= 11 is 0. The van der Waals surface area contributed by atoms with E-state index in [-0.39, 0.29) is 5.92 Å². The lowest BCUT2D eigenvalue weighted by Crippen LogP contribution is -2.37. The van der Waals surface area contributed by atoms with Crippen LogP contribution in [0.4, 0.5) is 0 Å². The minimum absolute atomic E-state index is 0.0988. The highest BCUT2D eigenvalue weighted by molar-refractivity contribution is 5.70. The molecule has 0 amide bonds. The molecule has 2 N–H and O–H groups in total. The SMILES string of the molecule is CC(NCC1CCCC1C(=O)O)C1CCCC1. The van der Waals surface area contributed by atoms with Crippen LogP contribution in [0.5, 0.6) is 0 Å². The molecule has 0 saturated heterocycles. The Hall–Kier alpha value is -0.570. The van der Waals surface area contributed by atoms with Crippen LogP contribution in [0.2, 0.25) is 0 Å². The zero-order chi connectivity index (χ0) is 12.3. The van der Waals surface area contributed by atoms with Crippen LogP contribution in [0, 0.1) is 17.8 Å². The van der Waals surface area contributed by atoms with Gasteiger partial charge in [-0.15, -0.1) is 0 Å². The molecule has 3 heteroatoms. The molecule has 98 valence electrons. The number of carboxylic acids is 1. The highest BCUT2D eigenvalue weighted by Crippen LogP contribution is 2.32. The van der Waals surface area contributed by atoms with Crippen molar-refractivity contribution in [3.8, 4) is 0 Å². The third-order valence-corrected chi connectivity index (χ3v) is 4.79. The first-order valence-electron chi connectivity index (χ1n) is 7.14. The molecule has 0 radical (unpaired) electrons. The van der Waals surface area contributed by atoms with E-state index in [9.17, 15) is 4.79 Å². The van der Waals surface area contributed by atoms with Crippen molar-refractivity contribution >= 4 is 5.97 Å². The van der Waals surface area contributed by atoms with Gasteiger partial charge >= 0.3 is 5.97 Å². The van der Waals surface area contributed by atoms with Crippen LogP contribution < -0.4 is 5.32 Å². The number of nitrogens with one attached hydrogen (secondary N) is 1. The van der Waals surface area contributed by atoms with E-state index in [0.717, 1.165) is 31.7 Å². The molecule has 2 fully saturated rings. The summed E-state index contributed by atoms with van der Waals surface area (Å²) in [6, 6.07) is 0.563. The molecule has 0 bridgehead atoms. The highest BCUT2D eigenvalue weighted by atomic mass is 16.4. The molecule has 3 nitrogen and oxygen atoms in total. The van der Waals surface area contributed by atoms with E-state index < -0.39 is 5.97 Å². The second-order valence-corrected chi connectivity index (χ2v) is 5.88. The van der Waals surface area contributed by atoms with Gasteiger partial charge in [0.2, 0.25) is 0 Å². The predicted molar refractivity (Wildman–Crippen MR) is 67.9 cm³/mol. The van der Waals surface area contributed by atoms with Crippen LogP contribution in [0.15, 0.2) is 0 Å². The minimum Gasteiger partial charge on any atom is -0.481 e. The lowest BCUT2D eigenvalue weighted by molar-refractivity contribution is -0.142. The highest BCUT2D eigenvalue weighted by Gasteiger charge is 2.33. The molecule has 0 heterocycles. The summed E-state index contributed by atoms with van der Waals surface area (Å²) in [7, 11) is 0. The maximum atomic E-state index is 11.1. The summed E-state index contributed by atoms with van der Waals surface area (Å²) in [5.41, 5.74) is 0. The van der Waals surface area contributed by atoms with Gasteiger partial charge in [0.15, 0.2) is 0 Å². The molecule has 0 aromatic rings. The fourth-order valence-electron chi connectivity index (χ4n) is 3.57. The first-order chi connectivity index (χ1) is 8.18. The Labute approximate surface area is 104 Å². The summed E-state index contributed by atoms with van der Waals surface area (Å²) in [6.45, 7) is 3.16. The zero-order valence-corrected chi connectivity index (χ0v) is 10.8. The van der Waals surface area contributed by atoms with Crippen molar-refractivity contribution in [3.05, 3.63) is 0 Å². The molecule has 3 atom stereocenters. The van der Waals surface area contributed by atoms with Gasteiger partial charge in [-0.2, -0.15) is 0 Å². The third-order valence-electron chi connectivity index (χ3n) is 4.79. The molecule has 0 spiro atoms. The van der Waals surface area contributed by atoms with Gasteiger partial charge in [0, 0.05) is 6.04 Å². The van der Waals surface area contributed by atoms with Gasteiger partial charge in [0.1, 0.15) is 0 Å². The second kappa shape index (κ2) is 5.85. The lowest BCUT2D eigenvalue weighted by atomic mass is 9.94. The van der Waals surface area contributed by atoms with Gasteiger partial charge in [-0.3, -0.25) is 4.79 Å². The van der Waals surface area contributed by atoms with Gasteiger partial charge in [-0.05, 0) is 51.0 Å². The van der Waals surface area contributed by atoms with Crippen LogP contribution in [-0.2, 0) is 4.79 Å². The van der Waals surface area contributed by atoms with Gasteiger partial charge in [0.25, 0.3) is 0 Å². The van der Waals surface area contributed by atoms with E-state index in [1.807, 2.05) is 0 Å². The average Bonchev–Trinajstić information content (AvgIpc) is 2.96. The van der Waals surface area contributed by atoms with Crippen molar-refractivity contribution in [2.24, 2.45) is 17.8 Å². The molecular weight excluding hydrogens is 214 g/mol. The third kappa shape index (κ3) is 3.21. The lowest BCUT2D eigenvalue weighted by Gasteiger charge is -2.24. The molecular formula is C14H25NO2. The maximum Gasteiger partial charge on any atom is 0.306 e. The standard InChI is InChI=1S/C14H25NO2/c1-10(11-5-2-3-6-11)15-9-12-7-4-8-13(12)14(16)17/h10-13,15H,2-9H2,1H3,(H,16,17). The van der Waals surface area contributed by atoms with Crippen molar-refractivity contribution < 1.29 is 9.90 Å². The fraction of sp³-hybridized carbons (Fsp3) is 0.929. The van der Waals surface area contributed by atoms with Gasteiger partial charge in [-0.1, -0.05) is 19.3 Å². The Bertz CT molecular complexity index is 261. The van der Waals surface area contributed by atoms with Crippen molar-refractivity contribution in [2.75, 3.05) is 6.54 Å². The summed E-state index contributed by atoms with van der Waals surface area (Å²) in [5, 5.41) is 12.7. The smallest absolute Gasteiger partial charge is 0.306 e. The van der Waals surface area contributed by atoms with E-state index in [1.54, 1.807) is 0 Å². The van der Waals surface area contributed by atoms with Gasteiger partial charge < -0.3 is 10.4 Å². The van der Waals surface area contributed by atoms with Crippen LogP contribution >= 0.6 is 0 Å². The number of carbonyl (C=O) groups is 1.